The summed E-state index contributed by atoms with van der Waals surface area (Å²) in [6.07, 6.45) is 21.5. The van der Waals surface area contributed by atoms with Crippen molar-refractivity contribution in [2.24, 2.45) is 0 Å². The lowest BCUT2D eigenvalue weighted by Crippen LogP contribution is -2.43. The highest BCUT2D eigenvalue weighted by atomic mass is 28.4. The van der Waals surface area contributed by atoms with E-state index in [1.807, 2.05) is 12.2 Å². The topological polar surface area (TPSA) is 35.5 Å². The van der Waals surface area contributed by atoms with Crippen LogP contribution in [0.5, 0.6) is 0 Å². The van der Waals surface area contributed by atoms with Gasteiger partial charge in [-0.2, -0.15) is 0 Å². The second kappa shape index (κ2) is 17.0. The average Bonchev–Trinajstić information content (AvgIpc) is 2.70. The first kappa shape index (κ1) is 29.4. The summed E-state index contributed by atoms with van der Waals surface area (Å²) in [4.78, 5) is 11.4. The van der Waals surface area contributed by atoms with Gasteiger partial charge in [-0.15, -0.1) is 0 Å². The minimum atomic E-state index is -1.89. The second-order valence-corrected chi connectivity index (χ2v) is 14.2. The molecule has 0 aromatic carbocycles. The van der Waals surface area contributed by atoms with Crippen LogP contribution >= 0.6 is 0 Å². The molecule has 0 aromatic rings. The number of esters is 1. The molecule has 0 aliphatic heterocycles. The zero-order valence-electron chi connectivity index (χ0n) is 21.1. The van der Waals surface area contributed by atoms with Crippen LogP contribution in [0, 0.1) is 11.8 Å². The van der Waals surface area contributed by atoms with Crippen LogP contribution in [0.2, 0.25) is 18.1 Å². The minimum absolute atomic E-state index is 0.0202. The number of hydrogen-bond donors (Lipinski definition) is 0. The van der Waals surface area contributed by atoms with E-state index < -0.39 is 8.32 Å². The van der Waals surface area contributed by atoms with Gasteiger partial charge in [0.25, 0.3) is 0 Å². The maximum atomic E-state index is 11.4. The maximum absolute atomic E-state index is 11.4. The predicted octanol–water partition coefficient (Wildman–Crippen LogP) is 7.75. The molecule has 1 atom stereocenters. The van der Waals surface area contributed by atoms with E-state index in [2.05, 4.69) is 76.9 Å². The lowest BCUT2D eigenvalue weighted by Gasteiger charge is -2.38. The van der Waals surface area contributed by atoms with Crippen LogP contribution in [-0.4, -0.2) is 27.5 Å². The first-order valence-electron chi connectivity index (χ1n) is 11.8. The van der Waals surface area contributed by atoms with E-state index in [9.17, 15) is 4.79 Å². The fourth-order valence-electron chi connectivity index (χ4n) is 2.62. The molecule has 0 aromatic heterocycles. The van der Waals surface area contributed by atoms with Crippen molar-refractivity contribution in [3.8, 4) is 11.8 Å². The molecule has 0 heterocycles. The molecule has 0 unspecified atom stereocenters. The highest BCUT2D eigenvalue weighted by Crippen LogP contribution is 2.37. The fraction of sp³-hybridized carbons (Fsp3) is 0.667. The van der Waals surface area contributed by atoms with Crippen LogP contribution in [0.1, 0.15) is 85.5 Å². The van der Waals surface area contributed by atoms with Gasteiger partial charge in [0.05, 0.1) is 13.2 Å². The van der Waals surface area contributed by atoms with Gasteiger partial charge in [0.15, 0.2) is 8.32 Å². The van der Waals surface area contributed by atoms with E-state index >= 15 is 0 Å². The van der Waals surface area contributed by atoms with E-state index in [4.69, 9.17) is 9.16 Å². The molecule has 0 bridgehead atoms. The highest BCUT2D eigenvalue weighted by Gasteiger charge is 2.38. The van der Waals surface area contributed by atoms with Crippen LogP contribution in [0.3, 0.4) is 0 Å². The summed E-state index contributed by atoms with van der Waals surface area (Å²) in [6.45, 7) is 13.4. The number of methoxy groups -OCH3 is 1. The van der Waals surface area contributed by atoms with Gasteiger partial charge < -0.3 is 9.16 Å². The van der Waals surface area contributed by atoms with Crippen molar-refractivity contribution in [3.05, 3.63) is 36.5 Å². The number of hydrogen-bond acceptors (Lipinski definition) is 3. The van der Waals surface area contributed by atoms with E-state index in [0.717, 1.165) is 25.7 Å². The van der Waals surface area contributed by atoms with Crippen LogP contribution < -0.4 is 0 Å². The lowest BCUT2D eigenvalue weighted by atomic mass is 10.1. The smallest absolute Gasteiger partial charge is 0.305 e. The van der Waals surface area contributed by atoms with Crippen LogP contribution in [-0.2, 0) is 14.0 Å². The number of rotatable bonds is 14. The Kier molecular flexibility index (Phi) is 16.2. The first-order valence-corrected chi connectivity index (χ1v) is 14.7. The molecule has 0 saturated carbocycles. The maximum Gasteiger partial charge on any atom is 0.305 e. The summed E-state index contributed by atoms with van der Waals surface area (Å²) in [7, 11) is -0.461. The van der Waals surface area contributed by atoms with Gasteiger partial charge in [0.2, 0.25) is 0 Å². The van der Waals surface area contributed by atoms with Gasteiger partial charge in [0, 0.05) is 12.8 Å². The van der Waals surface area contributed by atoms with Crippen LogP contribution in [0.15, 0.2) is 36.5 Å². The van der Waals surface area contributed by atoms with Crippen molar-refractivity contribution in [2.45, 2.75) is 110 Å². The molecule has 4 heteroatoms. The Morgan fingerprint density at radius 1 is 1.06 bits per heavy atom. The lowest BCUT2D eigenvalue weighted by molar-refractivity contribution is -0.140. The molecule has 0 radical (unpaired) electrons. The molecule has 0 spiro atoms. The summed E-state index contributed by atoms with van der Waals surface area (Å²) in [5.74, 6) is 6.12. The van der Waals surface area contributed by atoms with Gasteiger partial charge in [-0.1, -0.05) is 76.7 Å². The summed E-state index contributed by atoms with van der Waals surface area (Å²) in [5.41, 5.74) is 0. The van der Waals surface area contributed by atoms with Gasteiger partial charge in [-0.3, -0.25) is 4.79 Å². The largest absolute Gasteiger partial charge is 0.469 e. The highest BCUT2D eigenvalue weighted by molar-refractivity contribution is 6.74. The third-order valence-corrected chi connectivity index (χ3v) is 10.1. The van der Waals surface area contributed by atoms with Gasteiger partial charge >= 0.3 is 5.97 Å². The molecule has 0 fully saturated rings. The zero-order chi connectivity index (χ0) is 23.6. The number of allylic oxidation sites excluding steroid dienone is 5. The molecule has 3 nitrogen and oxygen atoms in total. The van der Waals surface area contributed by atoms with E-state index in [-0.39, 0.29) is 17.1 Å². The Labute approximate surface area is 193 Å². The molecule has 0 saturated heterocycles. The molecule has 0 aliphatic rings. The van der Waals surface area contributed by atoms with Crippen molar-refractivity contribution in [2.75, 3.05) is 7.11 Å². The number of carbonyl (C=O) groups excluding carboxylic acids is 1. The number of ether oxygens (including phenoxy) is 1. The molecule has 0 rings (SSSR count). The molecular weight excluding hydrogens is 400 g/mol. The summed E-state index contributed by atoms with van der Waals surface area (Å²) in [6, 6.07) is 0. The van der Waals surface area contributed by atoms with Crippen molar-refractivity contribution < 1.29 is 14.0 Å². The summed E-state index contributed by atoms with van der Waals surface area (Å²) < 4.78 is 11.3. The molecule has 0 aliphatic carbocycles. The van der Waals surface area contributed by atoms with E-state index in [1.54, 1.807) is 0 Å². The summed E-state index contributed by atoms with van der Waals surface area (Å²) >= 11 is 0. The Morgan fingerprint density at radius 2 is 1.77 bits per heavy atom. The average molecular weight is 447 g/mol. The van der Waals surface area contributed by atoms with Crippen molar-refractivity contribution in [3.63, 3.8) is 0 Å². The van der Waals surface area contributed by atoms with Crippen molar-refractivity contribution >= 4 is 14.3 Å². The molecular formula is C27H46O3Si. The van der Waals surface area contributed by atoms with Crippen LogP contribution in [0.25, 0.3) is 0 Å². The number of carbonyl (C=O) groups is 1. The Hall–Kier alpha value is -1.57. The molecule has 31 heavy (non-hydrogen) atoms. The normalized spacial score (nSPS) is 13.6. The SMILES string of the molecule is CCCCC/C=C\C/C=C\CC#C/C=C/[C@H](CCCC(=O)OC)O[Si](C)(C)C(C)(C)C. The van der Waals surface area contributed by atoms with Crippen molar-refractivity contribution in [1.82, 2.24) is 0 Å². The fourth-order valence-corrected chi connectivity index (χ4v) is 3.92. The third-order valence-electron chi connectivity index (χ3n) is 5.65. The second-order valence-electron chi connectivity index (χ2n) is 9.44. The standard InChI is InChI=1S/C27H46O3Si/c1-8-9-10-11-12-13-14-15-16-17-18-19-20-22-25(23-21-24-26(28)29-5)30-31(6,7)27(2,3)4/h12-13,15-16,20,22,25H,8-11,14,17,21,23-24H2,1-7H3/b13-12-,16-15-,22-20+/t25-/m1/s1. The Bertz CT molecular complexity index is 627. The molecule has 0 N–H and O–H groups in total. The van der Waals surface area contributed by atoms with Crippen LogP contribution in [0.4, 0.5) is 0 Å². The quantitative estimate of drug-likeness (QED) is 0.0899. The number of unbranched alkanes of at least 4 members (excludes halogenated alkanes) is 3. The van der Waals surface area contributed by atoms with E-state index in [0.29, 0.717) is 6.42 Å². The zero-order valence-corrected chi connectivity index (χ0v) is 22.1. The Morgan fingerprint density at radius 3 is 2.42 bits per heavy atom. The Balaban J connectivity index is 4.58. The molecule has 0 amide bonds. The first-order chi connectivity index (χ1) is 14.6. The monoisotopic (exact) mass is 446 g/mol. The van der Waals surface area contributed by atoms with E-state index in [1.165, 1.54) is 32.8 Å². The van der Waals surface area contributed by atoms with Gasteiger partial charge in [-0.25, -0.2) is 0 Å². The molecule has 176 valence electrons. The third kappa shape index (κ3) is 15.8. The van der Waals surface area contributed by atoms with Gasteiger partial charge in [-0.05, 0) is 62.4 Å². The minimum Gasteiger partial charge on any atom is -0.469 e. The van der Waals surface area contributed by atoms with Gasteiger partial charge in [0.1, 0.15) is 0 Å². The summed E-state index contributed by atoms with van der Waals surface area (Å²) in [5, 5.41) is 0.141. The predicted molar refractivity (Wildman–Crippen MR) is 137 cm³/mol. The van der Waals surface area contributed by atoms with Crippen molar-refractivity contribution in [1.29, 1.82) is 0 Å².